The Kier molecular flexibility index (Phi) is 14.5. The minimum atomic E-state index is 0.384. The van der Waals surface area contributed by atoms with Crippen molar-refractivity contribution in [3.8, 4) is 129 Å². The normalized spacial score (nSPS) is 11.2. The molecule has 3 aromatic heterocycles. The minimum Gasteiger partial charge on any atom is -0.309 e. The van der Waals surface area contributed by atoms with Gasteiger partial charge in [0.15, 0.2) is 28.8 Å². The number of benzene rings is 14. The van der Waals surface area contributed by atoms with Crippen molar-refractivity contribution in [1.82, 2.24) is 24.1 Å². The Morgan fingerprint density at radius 2 is 0.622 bits per heavy atom. The Morgan fingerprint density at radius 1 is 0.265 bits per heavy atom. The van der Waals surface area contributed by atoms with E-state index in [1.54, 1.807) is 0 Å². The first-order chi connectivity index (χ1) is 48.4. The summed E-state index contributed by atoms with van der Waals surface area (Å²) in [6.45, 7) is 16.4. The van der Waals surface area contributed by atoms with Crippen LogP contribution in [0.4, 0.5) is 11.4 Å². The zero-order valence-electron chi connectivity index (χ0n) is 52.8. The highest BCUT2D eigenvalue weighted by molar-refractivity contribution is 6.13. The Morgan fingerprint density at radius 3 is 1.06 bits per heavy atom. The van der Waals surface area contributed by atoms with Crippen LogP contribution in [0.5, 0.6) is 0 Å². The van der Waals surface area contributed by atoms with Gasteiger partial charge in [0.05, 0.1) is 46.8 Å². The van der Waals surface area contributed by atoms with E-state index in [9.17, 15) is 5.26 Å². The molecule has 0 radical (unpaired) electrons. The molecule has 14 aromatic carbocycles. The molecule has 0 aliphatic heterocycles. The number of nitriles is 1. The molecule has 0 atom stereocenters. The lowest BCUT2D eigenvalue weighted by atomic mass is 9.94. The number of hydrogen-bond donors (Lipinski definition) is 0. The SMILES string of the molecule is [C-]#[N+]c1cccc(-c2ccc(-c3nc(-c4ccc(-n5c6ccc(-c7ccccc7)cc6c6cc(-c7ccccc7)ccc65)cc4-c4ccccc4C#N)nc(-c4ccc(-n5c6ccc(-c7ccccc7)cc6c6cc(-c7ccccc7)ccc65)cc4-c4ccccc4[N+]#[C-])n3)cc2)c1. The Labute approximate surface area is 566 Å². The smallest absolute Gasteiger partial charge is 0.194 e. The molecule has 8 heteroatoms. The first kappa shape index (κ1) is 58.0. The predicted octanol–water partition coefficient (Wildman–Crippen LogP) is 23.7. The van der Waals surface area contributed by atoms with Crippen molar-refractivity contribution in [2.75, 3.05) is 0 Å². The largest absolute Gasteiger partial charge is 0.309 e. The molecule has 0 N–H and O–H groups in total. The lowest BCUT2D eigenvalue weighted by molar-refractivity contribution is 1.07. The van der Waals surface area contributed by atoms with E-state index in [4.69, 9.17) is 28.1 Å². The van der Waals surface area contributed by atoms with Gasteiger partial charge in [0.2, 0.25) is 0 Å². The molecule has 0 amide bonds. The van der Waals surface area contributed by atoms with Gasteiger partial charge in [-0.1, -0.05) is 231 Å². The van der Waals surface area contributed by atoms with E-state index in [-0.39, 0.29) is 0 Å². The van der Waals surface area contributed by atoms with Crippen LogP contribution in [0.2, 0.25) is 0 Å². The van der Waals surface area contributed by atoms with E-state index in [2.05, 4.69) is 231 Å². The summed E-state index contributed by atoms with van der Waals surface area (Å²) >= 11 is 0. The van der Waals surface area contributed by atoms with Gasteiger partial charge in [-0.05, 0) is 169 Å². The highest BCUT2D eigenvalue weighted by Gasteiger charge is 2.25. The molecule has 0 unspecified atom stereocenters. The average molecular weight is 1250 g/mol. The predicted molar refractivity (Wildman–Crippen MR) is 400 cm³/mol. The summed E-state index contributed by atoms with van der Waals surface area (Å²) in [5.74, 6) is 1.19. The van der Waals surface area contributed by atoms with Gasteiger partial charge in [-0.2, -0.15) is 5.26 Å². The quantitative estimate of drug-likeness (QED) is 0.114. The van der Waals surface area contributed by atoms with Crippen LogP contribution in [0.25, 0.3) is 177 Å². The van der Waals surface area contributed by atoms with Crippen LogP contribution >= 0.6 is 0 Å². The van der Waals surface area contributed by atoms with Gasteiger partial charge in [0, 0.05) is 55.2 Å². The molecule has 3 heterocycles. The van der Waals surface area contributed by atoms with Crippen molar-refractivity contribution < 1.29 is 0 Å². The zero-order chi connectivity index (χ0) is 65.6. The molecule has 0 aliphatic carbocycles. The van der Waals surface area contributed by atoms with Gasteiger partial charge in [-0.25, -0.2) is 24.6 Å². The maximum atomic E-state index is 11.0. The monoisotopic (exact) mass is 1250 g/mol. The number of rotatable bonds is 12. The third kappa shape index (κ3) is 10.4. The fourth-order valence-corrected chi connectivity index (χ4v) is 13.9. The van der Waals surface area contributed by atoms with E-state index in [0.29, 0.717) is 51.1 Å². The van der Waals surface area contributed by atoms with Gasteiger partial charge in [0.1, 0.15) is 0 Å². The van der Waals surface area contributed by atoms with Crippen LogP contribution in [-0.4, -0.2) is 24.1 Å². The number of aromatic nitrogens is 5. The molecular weight excluding hydrogens is 1190 g/mol. The molecule has 0 aliphatic rings. The fourth-order valence-electron chi connectivity index (χ4n) is 13.9. The Hall–Kier alpha value is -13.8. The van der Waals surface area contributed by atoms with Crippen LogP contribution in [-0.2, 0) is 0 Å². The van der Waals surface area contributed by atoms with Crippen molar-refractivity contribution in [1.29, 1.82) is 5.26 Å². The fraction of sp³-hybridized carbons (Fsp3) is 0. The van der Waals surface area contributed by atoms with Gasteiger partial charge in [-0.15, -0.1) is 0 Å². The van der Waals surface area contributed by atoms with Crippen LogP contribution < -0.4 is 0 Å². The molecule has 0 spiro atoms. The number of hydrogen-bond acceptors (Lipinski definition) is 4. The molecule has 454 valence electrons. The van der Waals surface area contributed by atoms with E-state index >= 15 is 0 Å². The molecule has 98 heavy (non-hydrogen) atoms. The molecule has 0 saturated heterocycles. The summed E-state index contributed by atoms with van der Waals surface area (Å²) in [4.78, 5) is 24.3. The highest BCUT2D eigenvalue weighted by Crippen LogP contribution is 2.45. The second kappa shape index (κ2) is 24.6. The summed E-state index contributed by atoms with van der Waals surface area (Å²) in [5, 5.41) is 15.4. The van der Waals surface area contributed by atoms with Gasteiger partial charge >= 0.3 is 0 Å². The van der Waals surface area contributed by atoms with Crippen molar-refractivity contribution >= 4 is 55.0 Å². The van der Waals surface area contributed by atoms with Crippen molar-refractivity contribution in [2.45, 2.75) is 0 Å². The van der Waals surface area contributed by atoms with Crippen LogP contribution in [0.15, 0.2) is 328 Å². The summed E-state index contributed by atoms with van der Waals surface area (Å²) in [7, 11) is 0. The maximum Gasteiger partial charge on any atom is 0.194 e. The number of nitrogens with zero attached hydrogens (tertiary/aromatic N) is 8. The lowest BCUT2D eigenvalue weighted by Crippen LogP contribution is -2.04. The summed E-state index contributed by atoms with van der Waals surface area (Å²) < 4.78 is 4.64. The number of fused-ring (bicyclic) bond motifs is 6. The van der Waals surface area contributed by atoms with Gasteiger partial charge in [0.25, 0.3) is 0 Å². The van der Waals surface area contributed by atoms with Gasteiger partial charge in [-0.3, -0.25) is 0 Å². The van der Waals surface area contributed by atoms with E-state index in [1.165, 1.54) is 0 Å². The van der Waals surface area contributed by atoms with E-state index < -0.39 is 0 Å². The summed E-state index contributed by atoms with van der Waals surface area (Å²) in [5.41, 5.74) is 23.3. The van der Waals surface area contributed by atoms with Crippen LogP contribution in [0, 0.1) is 24.5 Å². The zero-order valence-corrected chi connectivity index (χ0v) is 52.8. The molecule has 0 saturated carbocycles. The van der Waals surface area contributed by atoms with Crippen molar-refractivity contribution in [3.05, 3.63) is 356 Å². The number of para-hydroxylation sites is 1. The topological polar surface area (TPSA) is 81.0 Å². The molecule has 8 nitrogen and oxygen atoms in total. The molecular formula is C90H54N8. The van der Waals surface area contributed by atoms with E-state index in [0.717, 1.165) is 133 Å². The Balaban J connectivity index is 0.895. The highest BCUT2D eigenvalue weighted by atomic mass is 15.0. The van der Waals surface area contributed by atoms with Crippen molar-refractivity contribution in [2.24, 2.45) is 0 Å². The average Bonchev–Trinajstić information content (AvgIpc) is 1.56. The first-order valence-electron chi connectivity index (χ1n) is 32.4. The molecule has 17 aromatic rings. The third-order valence-electron chi connectivity index (χ3n) is 18.7. The summed E-state index contributed by atoms with van der Waals surface area (Å²) in [6, 6.07) is 115. The van der Waals surface area contributed by atoms with E-state index in [1.807, 2.05) is 121 Å². The standard InChI is InChI=1S/C90H54N8/c1-92-70-30-19-29-64(50-70)62-34-36-63(37-35-62)88-94-89(75-44-42-71(55-77(75)73-31-16-15-28-69(73)57-91)97-84-46-38-65(58-20-7-3-8-21-58)51-79(84)80-52-66(39-47-85(80)97)59-22-9-4-10-23-59)96-90(95-88)76-45-43-72(56-78(76)74-32-17-18-33-83(74)93-2)98-86-48-40-67(60-24-11-5-12-25-60)53-81(86)82-54-68(41-49-87(82)98)61-26-13-6-14-27-61/h3-56H. The second-order valence-corrected chi connectivity index (χ2v) is 24.4. The third-order valence-corrected chi connectivity index (χ3v) is 18.7. The second-order valence-electron chi connectivity index (χ2n) is 24.4. The lowest BCUT2D eigenvalue weighted by Gasteiger charge is -2.18. The van der Waals surface area contributed by atoms with Crippen LogP contribution in [0.1, 0.15) is 5.56 Å². The molecule has 0 fully saturated rings. The molecule has 0 bridgehead atoms. The summed E-state index contributed by atoms with van der Waals surface area (Å²) in [6.07, 6.45) is 0. The van der Waals surface area contributed by atoms with Crippen LogP contribution in [0.3, 0.4) is 0 Å². The molecule has 17 rings (SSSR count). The van der Waals surface area contributed by atoms with Gasteiger partial charge < -0.3 is 9.13 Å². The first-order valence-corrected chi connectivity index (χ1v) is 32.4. The maximum absolute atomic E-state index is 11.0. The Bertz CT molecular complexity index is 5610. The minimum absolute atomic E-state index is 0.384. The van der Waals surface area contributed by atoms with Crippen molar-refractivity contribution in [3.63, 3.8) is 0 Å².